The molecule has 0 amide bonds. The molecule has 26 heavy (non-hydrogen) atoms. The maximum atomic E-state index is 13.3. The highest BCUT2D eigenvalue weighted by atomic mass is 35.5. The van der Waals surface area contributed by atoms with E-state index in [4.69, 9.17) is 11.6 Å². The van der Waals surface area contributed by atoms with Crippen LogP contribution in [0.25, 0.3) is 0 Å². The van der Waals surface area contributed by atoms with E-state index in [0.717, 1.165) is 31.0 Å². The van der Waals surface area contributed by atoms with E-state index in [1.54, 1.807) is 0 Å². The van der Waals surface area contributed by atoms with Crippen LogP contribution in [0.2, 0.25) is 5.02 Å². The lowest BCUT2D eigenvalue weighted by Crippen LogP contribution is -2.48. The molecule has 4 rings (SSSR count). The van der Waals surface area contributed by atoms with E-state index in [2.05, 4.69) is 42.1 Å². The summed E-state index contributed by atoms with van der Waals surface area (Å²) < 4.78 is 15.5. The Hall–Kier alpha value is -0.580. The summed E-state index contributed by atoms with van der Waals surface area (Å²) in [5, 5.41) is 0.833. The Morgan fingerprint density at radius 1 is 1.19 bits per heavy atom. The number of nitrogens with zero attached hydrogens (tertiary/aromatic N) is 2. The van der Waals surface area contributed by atoms with Crippen LogP contribution in [0.4, 0.5) is 5.69 Å². The van der Waals surface area contributed by atoms with Crippen LogP contribution in [0, 0.1) is 0 Å². The number of anilines is 1. The van der Waals surface area contributed by atoms with Gasteiger partial charge in [-0.1, -0.05) is 24.4 Å². The third kappa shape index (κ3) is 3.22. The van der Waals surface area contributed by atoms with Gasteiger partial charge in [0.15, 0.2) is 0 Å². The first kappa shape index (κ1) is 18.8. The van der Waals surface area contributed by atoms with Crippen LogP contribution in [0.3, 0.4) is 0 Å². The lowest BCUT2D eigenvalue weighted by atomic mass is 9.92. The number of benzene rings is 1. The Kier molecular flexibility index (Phi) is 4.90. The third-order valence-electron chi connectivity index (χ3n) is 6.42. The van der Waals surface area contributed by atoms with E-state index in [0.29, 0.717) is 6.04 Å². The minimum absolute atomic E-state index is 0.146. The molecule has 5 heteroatoms. The second-order valence-corrected chi connectivity index (χ2v) is 11.9. The van der Waals surface area contributed by atoms with Gasteiger partial charge in [0, 0.05) is 35.4 Å². The van der Waals surface area contributed by atoms with Crippen molar-refractivity contribution in [2.75, 3.05) is 18.0 Å². The average molecular weight is 395 g/mol. The lowest BCUT2D eigenvalue weighted by Gasteiger charge is -2.37. The summed E-state index contributed by atoms with van der Waals surface area (Å²) in [5.74, 6) is 0. The molecular formula is C21H31ClN2OS. The van der Waals surface area contributed by atoms with Crippen LogP contribution in [0.5, 0.6) is 0 Å². The van der Waals surface area contributed by atoms with E-state index in [-0.39, 0.29) is 10.3 Å². The predicted molar refractivity (Wildman–Crippen MR) is 111 cm³/mol. The molecule has 1 aliphatic carbocycles. The normalized spacial score (nSPS) is 27.1. The van der Waals surface area contributed by atoms with Crippen LogP contribution in [0.15, 0.2) is 18.2 Å². The zero-order chi connectivity index (χ0) is 18.5. The van der Waals surface area contributed by atoms with Crippen molar-refractivity contribution in [3.63, 3.8) is 0 Å². The molecule has 1 aromatic carbocycles. The second kappa shape index (κ2) is 6.79. The summed E-state index contributed by atoms with van der Waals surface area (Å²) in [4.78, 5) is 2.59. The smallest absolute Gasteiger partial charge is 0.100 e. The molecule has 1 spiro atoms. The molecule has 1 saturated carbocycles. The Bertz CT molecular complexity index is 708. The Morgan fingerprint density at radius 3 is 2.62 bits per heavy atom. The molecule has 2 aliphatic heterocycles. The number of halogens is 1. The van der Waals surface area contributed by atoms with Crippen LogP contribution < -0.4 is 4.90 Å². The summed E-state index contributed by atoms with van der Waals surface area (Å²) in [5.41, 5.74) is 2.87. The molecule has 144 valence electrons. The number of hydrogen-bond donors (Lipinski definition) is 0. The van der Waals surface area contributed by atoms with Gasteiger partial charge in [-0.2, -0.15) is 0 Å². The highest BCUT2D eigenvalue weighted by Gasteiger charge is 2.52. The van der Waals surface area contributed by atoms with Crippen molar-refractivity contribution in [2.24, 2.45) is 0 Å². The molecule has 0 aromatic heterocycles. The topological polar surface area (TPSA) is 23.6 Å². The van der Waals surface area contributed by atoms with Crippen LogP contribution in [0.1, 0.15) is 64.9 Å². The first-order valence-electron chi connectivity index (χ1n) is 10.0. The number of hydrogen-bond acceptors (Lipinski definition) is 2. The molecule has 2 atom stereocenters. The van der Waals surface area contributed by atoms with Gasteiger partial charge in [0.1, 0.15) is 11.0 Å². The molecule has 1 aromatic rings. The second-order valence-electron chi connectivity index (χ2n) is 9.28. The zero-order valence-electron chi connectivity index (χ0n) is 16.3. The molecule has 0 radical (unpaired) electrons. The first-order valence-corrected chi connectivity index (χ1v) is 11.5. The highest BCUT2D eigenvalue weighted by Crippen LogP contribution is 2.47. The van der Waals surface area contributed by atoms with Crippen LogP contribution in [-0.4, -0.2) is 37.9 Å². The monoisotopic (exact) mass is 394 g/mol. The molecule has 2 heterocycles. The fourth-order valence-electron chi connectivity index (χ4n) is 5.23. The molecule has 2 unspecified atom stereocenters. The van der Waals surface area contributed by atoms with Crippen molar-refractivity contribution < 1.29 is 4.21 Å². The van der Waals surface area contributed by atoms with Gasteiger partial charge in [-0.25, -0.2) is 8.51 Å². The van der Waals surface area contributed by atoms with Gasteiger partial charge in [0.05, 0.1) is 4.75 Å². The van der Waals surface area contributed by atoms with Crippen LogP contribution >= 0.6 is 11.6 Å². The molecule has 0 bridgehead atoms. The van der Waals surface area contributed by atoms with E-state index < -0.39 is 11.0 Å². The summed E-state index contributed by atoms with van der Waals surface area (Å²) in [6.45, 7) is 8.35. The number of rotatable bonds is 2. The lowest BCUT2D eigenvalue weighted by molar-refractivity contribution is 0.254. The average Bonchev–Trinajstić information content (AvgIpc) is 3.20. The van der Waals surface area contributed by atoms with Gasteiger partial charge in [0.25, 0.3) is 0 Å². The number of fused-ring (bicyclic) bond motifs is 1. The summed E-state index contributed by atoms with van der Waals surface area (Å²) in [7, 11) is -0.943. The van der Waals surface area contributed by atoms with Crippen molar-refractivity contribution >= 4 is 28.3 Å². The van der Waals surface area contributed by atoms with Crippen molar-refractivity contribution in [3.05, 3.63) is 28.8 Å². The van der Waals surface area contributed by atoms with Crippen molar-refractivity contribution in [3.8, 4) is 0 Å². The molecule has 2 fully saturated rings. The maximum absolute atomic E-state index is 13.3. The molecule has 3 aliphatic rings. The Morgan fingerprint density at radius 2 is 1.92 bits per heavy atom. The standard InChI is InChI=1S/C21H31ClN2OS/c1-20(2,3)26(25)24-15-18(14-21(24)10-4-5-11-21)23-12-6-7-16-13-17(22)8-9-19(16)23/h8-9,13,18H,4-7,10-12,14-15H2,1-3H3. The van der Waals surface area contributed by atoms with Gasteiger partial charge in [0.2, 0.25) is 0 Å². The van der Waals surface area contributed by atoms with Gasteiger partial charge in [-0.15, -0.1) is 0 Å². The minimum Gasteiger partial charge on any atom is -0.367 e. The van der Waals surface area contributed by atoms with E-state index in [1.165, 1.54) is 43.4 Å². The highest BCUT2D eigenvalue weighted by molar-refractivity contribution is 7.84. The van der Waals surface area contributed by atoms with Gasteiger partial charge in [-0.05, 0) is 76.6 Å². The third-order valence-corrected chi connectivity index (χ3v) is 8.64. The van der Waals surface area contributed by atoms with Crippen molar-refractivity contribution in [1.29, 1.82) is 0 Å². The molecule has 1 saturated heterocycles. The SMILES string of the molecule is CC(C)(C)S(=O)N1CC(N2CCCc3cc(Cl)ccc32)CC12CCCC2. The van der Waals surface area contributed by atoms with Crippen molar-refractivity contribution in [1.82, 2.24) is 4.31 Å². The minimum atomic E-state index is -0.943. The quantitative estimate of drug-likeness (QED) is 0.709. The zero-order valence-corrected chi connectivity index (χ0v) is 17.8. The Labute approximate surface area is 165 Å². The van der Waals surface area contributed by atoms with Gasteiger partial charge < -0.3 is 4.90 Å². The van der Waals surface area contributed by atoms with E-state index >= 15 is 0 Å². The van der Waals surface area contributed by atoms with Crippen molar-refractivity contribution in [2.45, 2.75) is 82.0 Å². The maximum Gasteiger partial charge on any atom is 0.100 e. The van der Waals surface area contributed by atoms with E-state index in [9.17, 15) is 4.21 Å². The first-order chi connectivity index (χ1) is 12.3. The molecular weight excluding hydrogens is 364 g/mol. The van der Waals surface area contributed by atoms with Gasteiger partial charge >= 0.3 is 0 Å². The predicted octanol–water partition coefficient (Wildman–Crippen LogP) is 4.94. The van der Waals surface area contributed by atoms with Crippen LogP contribution in [-0.2, 0) is 17.4 Å². The number of aryl methyl sites for hydroxylation is 1. The van der Waals surface area contributed by atoms with E-state index in [1.807, 2.05) is 6.07 Å². The largest absolute Gasteiger partial charge is 0.367 e. The summed E-state index contributed by atoms with van der Waals surface area (Å²) in [6, 6.07) is 6.81. The fourth-order valence-corrected chi connectivity index (χ4v) is 7.01. The molecule has 0 N–H and O–H groups in total. The molecule has 3 nitrogen and oxygen atoms in total. The summed E-state index contributed by atoms with van der Waals surface area (Å²) in [6.07, 6.45) is 8.39. The summed E-state index contributed by atoms with van der Waals surface area (Å²) >= 11 is 6.23. The fraction of sp³-hybridized carbons (Fsp3) is 0.714. The van der Waals surface area contributed by atoms with Gasteiger partial charge in [-0.3, -0.25) is 0 Å². The Balaban J connectivity index is 1.65.